The molecule has 2 aromatic carbocycles. The van der Waals surface area contributed by atoms with E-state index in [1.54, 1.807) is 56.6 Å². The van der Waals surface area contributed by atoms with Gasteiger partial charge in [0.05, 0.1) is 4.90 Å². The first-order valence-corrected chi connectivity index (χ1v) is 10.1. The zero-order valence-corrected chi connectivity index (χ0v) is 17.1. The van der Waals surface area contributed by atoms with Gasteiger partial charge in [-0.25, -0.2) is 8.42 Å². The van der Waals surface area contributed by atoms with Gasteiger partial charge in [0.2, 0.25) is 16.1 Å². The van der Waals surface area contributed by atoms with Crippen molar-refractivity contribution in [2.24, 2.45) is 0 Å². The van der Waals surface area contributed by atoms with Crippen LogP contribution in [0.25, 0.3) is 0 Å². The van der Waals surface area contributed by atoms with Crippen molar-refractivity contribution in [3.8, 4) is 0 Å². The van der Waals surface area contributed by atoms with Crippen molar-refractivity contribution < 1.29 is 22.7 Å². The highest BCUT2D eigenvalue weighted by molar-refractivity contribution is 7.89. The fourth-order valence-electron chi connectivity index (χ4n) is 2.45. The summed E-state index contributed by atoms with van der Waals surface area (Å²) >= 11 is 0. The van der Waals surface area contributed by atoms with Gasteiger partial charge >= 0.3 is 5.97 Å². The number of benzene rings is 2. The third-order valence-electron chi connectivity index (χ3n) is 4.10. The number of aryl methyl sites for hydroxylation is 1. The molecule has 0 fully saturated rings. The van der Waals surface area contributed by atoms with E-state index in [0.717, 1.165) is 9.87 Å². The predicted molar refractivity (Wildman–Crippen MR) is 105 cm³/mol. The van der Waals surface area contributed by atoms with Crippen LogP contribution < -0.4 is 0 Å². The largest absolute Gasteiger partial charge is 0.446 e. The van der Waals surface area contributed by atoms with Crippen molar-refractivity contribution in [3.05, 3.63) is 65.7 Å². The van der Waals surface area contributed by atoms with E-state index in [9.17, 15) is 18.0 Å². The second-order valence-electron chi connectivity index (χ2n) is 6.59. The van der Waals surface area contributed by atoms with Crippen molar-refractivity contribution in [1.29, 1.82) is 0 Å². The smallest absolute Gasteiger partial charge is 0.322 e. The molecule has 0 aromatic heterocycles. The molecule has 0 aliphatic heterocycles. The number of esters is 1. The number of carbonyl (C=O) groups is 2. The molecule has 0 N–H and O–H groups in total. The van der Waals surface area contributed by atoms with E-state index >= 15 is 0 Å². The highest BCUT2D eigenvalue weighted by Crippen LogP contribution is 2.21. The van der Waals surface area contributed by atoms with Crippen LogP contribution in [0.4, 0.5) is 0 Å². The van der Waals surface area contributed by atoms with Crippen LogP contribution in [0.5, 0.6) is 0 Å². The van der Waals surface area contributed by atoms with E-state index in [2.05, 4.69) is 0 Å². The van der Waals surface area contributed by atoms with Crippen LogP contribution >= 0.6 is 0 Å². The Labute approximate surface area is 165 Å². The van der Waals surface area contributed by atoms with E-state index in [1.165, 1.54) is 24.1 Å². The Morgan fingerprint density at radius 3 is 2.07 bits per heavy atom. The number of likely N-dealkylation sites (N-methyl/N-ethyl adjacent to an activating group) is 2. The molecule has 1 atom stereocenters. The van der Waals surface area contributed by atoms with E-state index < -0.39 is 34.5 Å². The zero-order valence-electron chi connectivity index (χ0n) is 16.3. The summed E-state index contributed by atoms with van der Waals surface area (Å²) in [6.07, 6.45) is -1.14. The topological polar surface area (TPSA) is 84.0 Å². The molecule has 2 rings (SSSR count). The molecule has 28 heavy (non-hydrogen) atoms. The summed E-state index contributed by atoms with van der Waals surface area (Å²) in [7, 11) is 0.554. The molecular formula is C20H24N2O5S. The van der Waals surface area contributed by atoms with Crippen LogP contribution in [-0.2, 0) is 24.3 Å². The monoisotopic (exact) mass is 404 g/mol. The van der Waals surface area contributed by atoms with Gasteiger partial charge in [0.15, 0.2) is 0 Å². The van der Waals surface area contributed by atoms with Crippen LogP contribution in [-0.4, -0.2) is 57.2 Å². The van der Waals surface area contributed by atoms with Crippen LogP contribution in [0, 0.1) is 6.92 Å². The lowest BCUT2D eigenvalue weighted by Gasteiger charge is -2.23. The molecule has 0 spiro atoms. The van der Waals surface area contributed by atoms with Crippen LogP contribution in [0.1, 0.15) is 17.2 Å². The fraction of sp³-hybridized carbons (Fsp3) is 0.300. The second-order valence-corrected chi connectivity index (χ2v) is 8.63. The van der Waals surface area contributed by atoms with Gasteiger partial charge in [0, 0.05) is 26.7 Å². The highest BCUT2D eigenvalue weighted by Gasteiger charge is 2.29. The lowest BCUT2D eigenvalue weighted by molar-refractivity contribution is -0.159. The molecule has 2 aromatic rings. The van der Waals surface area contributed by atoms with Crippen LogP contribution in [0.3, 0.4) is 0 Å². The summed E-state index contributed by atoms with van der Waals surface area (Å²) in [5.74, 6) is -1.23. The SMILES string of the molecule is Cc1ccc(S(=O)(=O)N(C)CC(=O)OC(C(=O)N(C)C)c2ccccc2)cc1. The lowest BCUT2D eigenvalue weighted by Crippen LogP contribution is -2.36. The molecule has 0 saturated heterocycles. The Bertz CT molecular complexity index is 925. The third-order valence-corrected chi connectivity index (χ3v) is 5.92. The molecule has 0 heterocycles. The average Bonchev–Trinajstić information content (AvgIpc) is 2.66. The quantitative estimate of drug-likeness (QED) is 0.659. The molecular weight excluding hydrogens is 380 g/mol. The third kappa shape index (κ3) is 5.17. The zero-order chi connectivity index (χ0) is 20.9. The minimum Gasteiger partial charge on any atom is -0.446 e. The maximum Gasteiger partial charge on any atom is 0.322 e. The van der Waals surface area contributed by atoms with Crippen molar-refractivity contribution in [2.45, 2.75) is 17.9 Å². The summed E-state index contributed by atoms with van der Waals surface area (Å²) in [4.78, 5) is 26.2. The minimum absolute atomic E-state index is 0.0809. The van der Waals surface area contributed by atoms with Gasteiger partial charge in [-0.05, 0) is 19.1 Å². The Kier molecular flexibility index (Phi) is 6.93. The Morgan fingerprint density at radius 2 is 1.54 bits per heavy atom. The molecule has 0 bridgehead atoms. The van der Waals surface area contributed by atoms with Gasteiger partial charge < -0.3 is 9.64 Å². The van der Waals surface area contributed by atoms with Gasteiger partial charge in [-0.15, -0.1) is 0 Å². The summed E-state index contributed by atoms with van der Waals surface area (Å²) < 4.78 is 31.5. The number of amides is 1. The van der Waals surface area contributed by atoms with E-state index in [0.29, 0.717) is 5.56 Å². The van der Waals surface area contributed by atoms with Gasteiger partial charge in [-0.2, -0.15) is 4.31 Å². The number of carbonyl (C=O) groups excluding carboxylic acids is 2. The molecule has 150 valence electrons. The van der Waals surface area contributed by atoms with E-state index in [-0.39, 0.29) is 4.90 Å². The van der Waals surface area contributed by atoms with Crippen LogP contribution in [0.2, 0.25) is 0 Å². The second kappa shape index (κ2) is 8.99. The number of ether oxygens (including phenoxy) is 1. The maximum atomic E-state index is 12.6. The van der Waals surface area contributed by atoms with E-state index in [4.69, 9.17) is 4.74 Å². The van der Waals surface area contributed by atoms with Gasteiger partial charge in [0.1, 0.15) is 6.54 Å². The van der Waals surface area contributed by atoms with E-state index in [1.807, 2.05) is 6.92 Å². The van der Waals surface area contributed by atoms with Gasteiger partial charge in [0.25, 0.3) is 5.91 Å². The lowest BCUT2D eigenvalue weighted by atomic mass is 10.1. The van der Waals surface area contributed by atoms with Crippen LogP contribution in [0.15, 0.2) is 59.5 Å². The molecule has 0 radical (unpaired) electrons. The number of hydrogen-bond acceptors (Lipinski definition) is 5. The number of rotatable bonds is 7. The number of hydrogen-bond donors (Lipinski definition) is 0. The van der Waals surface area contributed by atoms with Crippen molar-refractivity contribution in [3.63, 3.8) is 0 Å². The van der Waals surface area contributed by atoms with Gasteiger partial charge in [-0.3, -0.25) is 9.59 Å². The molecule has 7 nitrogen and oxygen atoms in total. The number of sulfonamides is 1. The molecule has 1 unspecified atom stereocenters. The minimum atomic E-state index is -3.85. The standard InChI is InChI=1S/C20H24N2O5S/c1-15-10-12-17(13-11-15)28(25,26)22(4)14-18(23)27-19(20(24)21(2)3)16-8-6-5-7-9-16/h5-13,19H,14H2,1-4H3. The maximum absolute atomic E-state index is 12.6. The number of nitrogens with zero attached hydrogens (tertiary/aromatic N) is 2. The average molecular weight is 404 g/mol. The van der Waals surface area contributed by atoms with Crippen molar-refractivity contribution in [1.82, 2.24) is 9.21 Å². The summed E-state index contributed by atoms with van der Waals surface area (Å²) in [6, 6.07) is 14.9. The summed E-state index contributed by atoms with van der Waals surface area (Å²) in [6.45, 7) is 1.34. The highest BCUT2D eigenvalue weighted by atomic mass is 32.2. The summed E-state index contributed by atoms with van der Waals surface area (Å²) in [5.41, 5.74) is 1.44. The van der Waals surface area contributed by atoms with Crippen molar-refractivity contribution >= 4 is 21.9 Å². The molecule has 8 heteroatoms. The fourth-order valence-corrected chi connectivity index (χ4v) is 3.56. The first kappa shape index (κ1) is 21.6. The first-order chi connectivity index (χ1) is 13.1. The molecule has 0 aliphatic rings. The molecule has 0 saturated carbocycles. The summed E-state index contributed by atoms with van der Waals surface area (Å²) in [5, 5.41) is 0. The Hall–Kier alpha value is -2.71. The normalized spacial score (nSPS) is 12.5. The van der Waals surface area contributed by atoms with Gasteiger partial charge in [-0.1, -0.05) is 48.0 Å². The molecule has 0 aliphatic carbocycles. The molecule has 1 amide bonds. The van der Waals surface area contributed by atoms with Crippen molar-refractivity contribution in [2.75, 3.05) is 27.7 Å². The predicted octanol–water partition coefficient (Wildman–Crippen LogP) is 1.99. The first-order valence-electron chi connectivity index (χ1n) is 8.61. The Morgan fingerprint density at radius 1 is 0.964 bits per heavy atom. The Balaban J connectivity index is 2.15.